The molecule has 2 aromatic heterocycles. The number of nitrogens with one attached hydrogen (secondary N) is 1. The predicted molar refractivity (Wildman–Crippen MR) is 106 cm³/mol. The third-order valence-electron chi connectivity index (χ3n) is 5.42. The molecule has 1 N–H and O–H groups in total. The molecule has 10 heteroatoms. The molecule has 0 spiro atoms. The molecule has 2 aromatic rings. The molecule has 1 aliphatic carbocycles. The molecule has 9 nitrogen and oxygen atoms in total. The Morgan fingerprint density at radius 1 is 1.18 bits per heavy atom. The summed E-state index contributed by atoms with van der Waals surface area (Å²) in [5.41, 5.74) is 0.398. The molecule has 0 atom stereocenters. The summed E-state index contributed by atoms with van der Waals surface area (Å²) in [5, 5.41) is 0. The number of imidazole rings is 1. The minimum atomic E-state index is -3.61. The van der Waals surface area contributed by atoms with Gasteiger partial charge in [0.1, 0.15) is 12.1 Å². The number of sulfonamides is 1. The first kappa shape index (κ1) is 19.0. The van der Waals surface area contributed by atoms with Gasteiger partial charge in [0, 0.05) is 45.8 Å². The molecule has 1 saturated heterocycles. The maximum atomic E-state index is 12.9. The van der Waals surface area contributed by atoms with Crippen LogP contribution in [0.15, 0.2) is 29.6 Å². The van der Waals surface area contributed by atoms with Crippen LogP contribution in [0.4, 0.5) is 10.6 Å². The second-order valence-electron chi connectivity index (χ2n) is 8.06. The fourth-order valence-corrected chi connectivity index (χ4v) is 4.98. The largest absolute Gasteiger partial charge is 0.354 e. The summed E-state index contributed by atoms with van der Waals surface area (Å²) in [6.45, 7) is 4.34. The number of hydrogen-bond acceptors (Lipinski definition) is 5. The van der Waals surface area contributed by atoms with Crippen LogP contribution in [0.1, 0.15) is 19.8 Å². The maximum Gasteiger partial charge on any atom is 0.319 e. The van der Waals surface area contributed by atoms with Crippen molar-refractivity contribution in [3.05, 3.63) is 24.7 Å². The Bertz CT molecular complexity index is 1000. The Kier molecular flexibility index (Phi) is 4.50. The van der Waals surface area contributed by atoms with Gasteiger partial charge in [-0.3, -0.25) is 4.40 Å². The van der Waals surface area contributed by atoms with E-state index in [0.29, 0.717) is 26.2 Å². The summed E-state index contributed by atoms with van der Waals surface area (Å²) < 4.78 is 30.5. The summed E-state index contributed by atoms with van der Waals surface area (Å²) in [6.07, 6.45) is 5.06. The number of hydrogen-bond donors (Lipinski definition) is 1. The lowest BCUT2D eigenvalue weighted by Gasteiger charge is -2.37. The van der Waals surface area contributed by atoms with E-state index in [9.17, 15) is 13.2 Å². The van der Waals surface area contributed by atoms with Crippen molar-refractivity contribution in [1.29, 1.82) is 0 Å². The van der Waals surface area contributed by atoms with E-state index in [2.05, 4.69) is 14.6 Å². The van der Waals surface area contributed by atoms with Gasteiger partial charge in [-0.05, 0) is 31.9 Å². The van der Waals surface area contributed by atoms with E-state index in [1.165, 1.54) is 0 Å². The Balaban J connectivity index is 1.62. The lowest BCUT2D eigenvalue weighted by Crippen LogP contribution is -2.51. The SMILES string of the molecule is CN(C)C(=O)N1CCN(c2cc(S(=O)(=O)NC3(C)CC3)cc3cncn23)CC1. The van der Waals surface area contributed by atoms with Gasteiger partial charge in [-0.2, -0.15) is 0 Å². The van der Waals surface area contributed by atoms with Crippen molar-refractivity contribution >= 4 is 27.4 Å². The van der Waals surface area contributed by atoms with Crippen molar-refractivity contribution in [1.82, 2.24) is 23.9 Å². The zero-order valence-electron chi connectivity index (χ0n) is 16.4. The summed E-state index contributed by atoms with van der Waals surface area (Å²) in [4.78, 5) is 22.1. The molecule has 2 amide bonds. The second-order valence-corrected chi connectivity index (χ2v) is 9.74. The third-order valence-corrected chi connectivity index (χ3v) is 7.04. The third kappa shape index (κ3) is 3.53. The van der Waals surface area contributed by atoms with Crippen molar-refractivity contribution in [2.24, 2.45) is 0 Å². The molecular formula is C18H26N6O3S. The first-order chi connectivity index (χ1) is 13.2. The highest BCUT2D eigenvalue weighted by Gasteiger charge is 2.41. The van der Waals surface area contributed by atoms with E-state index >= 15 is 0 Å². The summed E-state index contributed by atoms with van der Waals surface area (Å²) >= 11 is 0. The fourth-order valence-electron chi connectivity index (χ4n) is 3.47. The van der Waals surface area contributed by atoms with Crippen LogP contribution >= 0.6 is 0 Å². The smallest absolute Gasteiger partial charge is 0.319 e. The quantitative estimate of drug-likeness (QED) is 0.817. The Hall–Kier alpha value is -2.33. The molecule has 2 aliphatic rings. The highest BCUT2D eigenvalue weighted by Crippen LogP contribution is 2.36. The second kappa shape index (κ2) is 6.63. The highest BCUT2D eigenvalue weighted by atomic mass is 32.2. The van der Waals surface area contributed by atoms with Crippen LogP contribution in [0.25, 0.3) is 5.52 Å². The first-order valence-electron chi connectivity index (χ1n) is 9.40. The van der Waals surface area contributed by atoms with Crippen LogP contribution in [0.3, 0.4) is 0 Å². The first-order valence-corrected chi connectivity index (χ1v) is 10.9. The summed E-state index contributed by atoms with van der Waals surface area (Å²) in [7, 11) is -0.127. The van der Waals surface area contributed by atoms with Crippen LogP contribution in [0, 0.1) is 0 Å². The number of piperazine rings is 1. The van der Waals surface area contributed by atoms with Crippen molar-refractivity contribution in [2.45, 2.75) is 30.2 Å². The van der Waals surface area contributed by atoms with Gasteiger partial charge in [0.05, 0.1) is 16.6 Å². The van der Waals surface area contributed by atoms with E-state index in [-0.39, 0.29) is 16.5 Å². The minimum Gasteiger partial charge on any atom is -0.354 e. The van der Waals surface area contributed by atoms with E-state index < -0.39 is 10.0 Å². The van der Waals surface area contributed by atoms with E-state index in [1.54, 1.807) is 48.6 Å². The van der Waals surface area contributed by atoms with Gasteiger partial charge in [0.15, 0.2) is 0 Å². The fraction of sp³-hybridized carbons (Fsp3) is 0.556. The summed E-state index contributed by atoms with van der Waals surface area (Å²) in [5.74, 6) is 0.772. The lowest BCUT2D eigenvalue weighted by molar-refractivity contribution is 0.168. The Morgan fingerprint density at radius 3 is 2.46 bits per heavy atom. The van der Waals surface area contributed by atoms with Gasteiger partial charge < -0.3 is 14.7 Å². The van der Waals surface area contributed by atoms with Gasteiger partial charge in [0.2, 0.25) is 10.0 Å². The van der Waals surface area contributed by atoms with Crippen LogP contribution < -0.4 is 9.62 Å². The van der Waals surface area contributed by atoms with E-state index in [4.69, 9.17) is 0 Å². The molecule has 28 heavy (non-hydrogen) atoms. The zero-order chi connectivity index (χ0) is 20.1. The molecule has 152 valence electrons. The molecule has 0 unspecified atom stereocenters. The standard InChI is InChI=1S/C18H26N6O3S/c1-18(4-5-18)20-28(26,27)15-10-14-12-19-13-24(14)16(11-15)22-6-8-23(9-7-22)17(25)21(2)3/h10-13,20H,4-9H2,1-3H3. The van der Waals surface area contributed by atoms with Crippen LogP contribution in [0.2, 0.25) is 0 Å². The van der Waals surface area contributed by atoms with Gasteiger partial charge in [0.25, 0.3) is 0 Å². The van der Waals surface area contributed by atoms with Crippen molar-refractivity contribution in [2.75, 3.05) is 45.2 Å². The van der Waals surface area contributed by atoms with Crippen LogP contribution in [0.5, 0.6) is 0 Å². The minimum absolute atomic E-state index is 0.00867. The topological polar surface area (TPSA) is 90.3 Å². The number of carbonyl (C=O) groups is 1. The normalized spacial score (nSPS) is 19.1. The lowest BCUT2D eigenvalue weighted by atomic mass is 10.3. The molecule has 0 aromatic carbocycles. The van der Waals surface area contributed by atoms with Gasteiger partial charge >= 0.3 is 6.03 Å². The molecule has 1 aliphatic heterocycles. The molecule has 1 saturated carbocycles. The monoisotopic (exact) mass is 406 g/mol. The van der Waals surface area contributed by atoms with E-state index in [1.807, 2.05) is 11.3 Å². The maximum absolute atomic E-state index is 12.9. The number of carbonyl (C=O) groups excluding carboxylic acids is 1. The molecule has 3 heterocycles. The number of anilines is 1. The molecular weight excluding hydrogens is 380 g/mol. The molecule has 0 bridgehead atoms. The van der Waals surface area contributed by atoms with Gasteiger partial charge in [-0.15, -0.1) is 0 Å². The van der Waals surface area contributed by atoms with Crippen LogP contribution in [-0.4, -0.2) is 79.4 Å². The number of aromatic nitrogens is 2. The predicted octanol–water partition coefficient (Wildman–Crippen LogP) is 0.969. The van der Waals surface area contributed by atoms with Crippen molar-refractivity contribution in [3.63, 3.8) is 0 Å². The van der Waals surface area contributed by atoms with Crippen LogP contribution in [-0.2, 0) is 10.0 Å². The number of rotatable bonds is 4. The zero-order valence-corrected chi connectivity index (χ0v) is 17.2. The van der Waals surface area contributed by atoms with Gasteiger partial charge in [-0.25, -0.2) is 22.9 Å². The number of pyridine rings is 1. The number of urea groups is 1. The molecule has 2 fully saturated rings. The highest BCUT2D eigenvalue weighted by molar-refractivity contribution is 7.89. The van der Waals surface area contributed by atoms with Crippen molar-refractivity contribution < 1.29 is 13.2 Å². The van der Waals surface area contributed by atoms with Gasteiger partial charge in [-0.1, -0.05) is 0 Å². The van der Waals surface area contributed by atoms with E-state index in [0.717, 1.165) is 24.2 Å². The summed E-state index contributed by atoms with van der Waals surface area (Å²) in [6, 6.07) is 3.34. The Morgan fingerprint density at radius 2 is 1.86 bits per heavy atom. The van der Waals surface area contributed by atoms with Crippen molar-refractivity contribution in [3.8, 4) is 0 Å². The Labute approximate surface area is 165 Å². The average molecular weight is 407 g/mol. The molecule has 0 radical (unpaired) electrons. The number of amides is 2. The number of nitrogens with zero attached hydrogens (tertiary/aromatic N) is 5. The number of fused-ring (bicyclic) bond motifs is 1. The average Bonchev–Trinajstić information content (AvgIpc) is 3.18. The molecule has 4 rings (SSSR count).